The van der Waals surface area contributed by atoms with E-state index in [1.54, 1.807) is 0 Å². The fraction of sp³-hybridized carbons (Fsp3) is 0.875. The molecule has 2 nitrogen and oxygen atoms in total. The van der Waals surface area contributed by atoms with Crippen molar-refractivity contribution >= 4 is 14.8 Å². The van der Waals surface area contributed by atoms with E-state index in [-0.39, 0.29) is 0 Å². The average molecular weight is 276 g/mol. The predicted molar refractivity (Wildman–Crippen MR) is 94.1 cm³/mol. The van der Waals surface area contributed by atoms with E-state index in [1.165, 1.54) is 10.9 Å². The molecule has 0 rings (SSSR count). The van der Waals surface area contributed by atoms with Gasteiger partial charge < -0.3 is 9.62 Å². The normalized spacial score (nSPS) is 14.0. The van der Waals surface area contributed by atoms with Gasteiger partial charge in [-0.25, -0.2) is 0 Å². The number of allylic oxidation sites excluding steroid dienone is 2. The maximum Gasteiger partial charge on any atom is 0.242 e. The molecule has 0 aliphatic carbocycles. The topological polar surface area (TPSA) is 6.48 Å². The molecular weight excluding hydrogens is 242 g/mol. The fourth-order valence-electron chi connectivity index (χ4n) is 2.44. The summed E-state index contributed by atoms with van der Waals surface area (Å²) >= 11 is 0. The van der Waals surface area contributed by atoms with E-state index in [9.17, 15) is 0 Å². The zero-order valence-electron chi connectivity index (χ0n) is 15.4. The third-order valence-corrected chi connectivity index (χ3v) is 3.69. The van der Waals surface area contributed by atoms with Gasteiger partial charge in [-0.15, -0.1) is 10.9 Å². The van der Waals surface area contributed by atoms with Crippen LogP contribution in [0, 0.1) is 0 Å². The predicted octanol–water partition coefficient (Wildman–Crippen LogP) is 3.71. The standard InChI is InChI=1S/C16H34B2N2/c1-11(2)19(12(3)4)17-15(9)16(10)18-20(13(5)6)14(7)8/h11-14H,1-10H3. The maximum atomic E-state index is 2.42. The molecule has 0 aromatic heterocycles. The Bertz CT molecular complexity index is 264. The van der Waals surface area contributed by atoms with E-state index in [0.717, 1.165) is 0 Å². The van der Waals surface area contributed by atoms with Crippen LogP contribution in [0.15, 0.2) is 10.9 Å². The van der Waals surface area contributed by atoms with Gasteiger partial charge in [0, 0.05) is 0 Å². The molecule has 0 aliphatic rings. The highest BCUT2D eigenvalue weighted by atomic mass is 15.1. The quantitative estimate of drug-likeness (QED) is 0.623. The molecule has 0 aliphatic heterocycles. The molecule has 0 bridgehead atoms. The third kappa shape index (κ3) is 6.49. The van der Waals surface area contributed by atoms with Crippen LogP contribution in [0.1, 0.15) is 69.2 Å². The zero-order valence-corrected chi connectivity index (χ0v) is 15.4. The van der Waals surface area contributed by atoms with Gasteiger partial charge in [-0.3, -0.25) is 0 Å². The Labute approximate surface area is 129 Å². The largest absolute Gasteiger partial charge is 0.338 e. The lowest BCUT2D eigenvalue weighted by Crippen LogP contribution is -2.43. The van der Waals surface area contributed by atoms with Crippen molar-refractivity contribution in [2.45, 2.75) is 93.4 Å². The summed E-state index contributed by atoms with van der Waals surface area (Å²) in [6.07, 6.45) is 0. The molecule has 114 valence electrons. The van der Waals surface area contributed by atoms with E-state index in [0.29, 0.717) is 24.2 Å². The first-order chi connectivity index (χ1) is 9.07. The highest BCUT2D eigenvalue weighted by molar-refractivity contribution is 6.50. The average Bonchev–Trinajstić information content (AvgIpc) is 2.30. The van der Waals surface area contributed by atoms with Gasteiger partial charge in [0.05, 0.1) is 0 Å². The first-order valence-electron chi connectivity index (χ1n) is 8.00. The van der Waals surface area contributed by atoms with Crippen molar-refractivity contribution in [2.24, 2.45) is 0 Å². The van der Waals surface area contributed by atoms with Crippen molar-refractivity contribution in [2.75, 3.05) is 0 Å². The lowest BCUT2D eigenvalue weighted by atomic mass is 9.66. The van der Waals surface area contributed by atoms with E-state index >= 15 is 0 Å². The second-order valence-electron chi connectivity index (χ2n) is 6.89. The lowest BCUT2D eigenvalue weighted by molar-refractivity contribution is 0.312. The van der Waals surface area contributed by atoms with Crippen molar-refractivity contribution in [1.82, 2.24) is 9.62 Å². The van der Waals surface area contributed by atoms with Crippen LogP contribution in [-0.4, -0.2) is 48.6 Å². The smallest absolute Gasteiger partial charge is 0.242 e. The minimum atomic E-state index is 0.532. The van der Waals surface area contributed by atoms with Gasteiger partial charge in [-0.05, 0) is 24.2 Å². The number of rotatable bonds is 8. The van der Waals surface area contributed by atoms with Crippen molar-refractivity contribution in [3.8, 4) is 0 Å². The number of nitrogens with zero attached hydrogens (tertiary/aromatic N) is 2. The second kappa shape index (κ2) is 8.94. The Morgan fingerprint density at radius 2 is 0.750 bits per heavy atom. The maximum absolute atomic E-state index is 2.42. The first kappa shape index (κ1) is 19.8. The second-order valence-corrected chi connectivity index (χ2v) is 6.89. The van der Waals surface area contributed by atoms with Gasteiger partial charge >= 0.3 is 0 Å². The molecular formula is C16H34B2N2. The van der Waals surface area contributed by atoms with E-state index in [4.69, 9.17) is 0 Å². The monoisotopic (exact) mass is 276 g/mol. The van der Waals surface area contributed by atoms with Crippen molar-refractivity contribution < 1.29 is 0 Å². The Morgan fingerprint density at radius 3 is 0.900 bits per heavy atom. The molecule has 0 aromatic carbocycles. The molecule has 0 amide bonds. The molecule has 2 radical (unpaired) electrons. The Balaban J connectivity index is 4.88. The molecule has 0 unspecified atom stereocenters. The van der Waals surface area contributed by atoms with Crippen LogP contribution < -0.4 is 0 Å². The van der Waals surface area contributed by atoms with Crippen LogP contribution >= 0.6 is 0 Å². The van der Waals surface area contributed by atoms with E-state index in [1.807, 2.05) is 0 Å². The van der Waals surface area contributed by atoms with Crippen LogP contribution in [0.3, 0.4) is 0 Å². The van der Waals surface area contributed by atoms with Crippen molar-refractivity contribution in [3.63, 3.8) is 0 Å². The molecule has 0 saturated heterocycles. The Hall–Kier alpha value is -0.210. The summed E-state index contributed by atoms with van der Waals surface area (Å²) in [7, 11) is 4.61. The highest BCUT2D eigenvalue weighted by Gasteiger charge is 2.19. The molecule has 0 saturated carbocycles. The van der Waals surface area contributed by atoms with Gasteiger partial charge in [0.2, 0.25) is 14.8 Å². The molecule has 20 heavy (non-hydrogen) atoms. The number of hydrogen-bond donors (Lipinski definition) is 0. The molecule has 0 fully saturated rings. The SMILES string of the molecule is CC([B]N(C(C)C)C(C)C)=C(C)[B]N(C(C)C)C(C)C. The van der Waals surface area contributed by atoms with Crippen LogP contribution in [0.2, 0.25) is 0 Å². The summed E-state index contributed by atoms with van der Waals surface area (Å²) in [5.74, 6) is 0. The van der Waals surface area contributed by atoms with E-state index < -0.39 is 0 Å². The van der Waals surface area contributed by atoms with Crippen LogP contribution in [0.25, 0.3) is 0 Å². The summed E-state index contributed by atoms with van der Waals surface area (Å²) < 4.78 is 0. The van der Waals surface area contributed by atoms with Gasteiger partial charge in [0.25, 0.3) is 0 Å². The van der Waals surface area contributed by atoms with Crippen LogP contribution in [-0.2, 0) is 0 Å². The molecule has 4 heteroatoms. The summed E-state index contributed by atoms with van der Waals surface area (Å²) in [5, 5.41) is 0. The summed E-state index contributed by atoms with van der Waals surface area (Å²) in [6.45, 7) is 22.4. The number of hydrogen-bond acceptors (Lipinski definition) is 2. The van der Waals surface area contributed by atoms with Gasteiger partial charge in [-0.1, -0.05) is 69.2 Å². The summed E-state index contributed by atoms with van der Waals surface area (Å²) in [5.41, 5.74) is 2.69. The molecule has 0 atom stereocenters. The lowest BCUT2D eigenvalue weighted by Gasteiger charge is -2.33. The molecule has 0 spiro atoms. The molecule has 0 heterocycles. The zero-order chi connectivity index (χ0) is 16.0. The van der Waals surface area contributed by atoms with Gasteiger partial charge in [0.15, 0.2) is 0 Å². The molecule has 0 aromatic rings. The fourth-order valence-corrected chi connectivity index (χ4v) is 2.44. The van der Waals surface area contributed by atoms with Crippen LogP contribution in [0.4, 0.5) is 0 Å². The van der Waals surface area contributed by atoms with Crippen LogP contribution in [0.5, 0.6) is 0 Å². The van der Waals surface area contributed by atoms with Crippen molar-refractivity contribution in [3.05, 3.63) is 10.9 Å². The minimum absolute atomic E-state index is 0.532. The summed E-state index contributed by atoms with van der Waals surface area (Å²) in [4.78, 5) is 4.84. The van der Waals surface area contributed by atoms with Gasteiger partial charge in [0.1, 0.15) is 0 Å². The third-order valence-electron chi connectivity index (χ3n) is 3.69. The van der Waals surface area contributed by atoms with E-state index in [2.05, 4.69) is 93.7 Å². The summed E-state index contributed by atoms with van der Waals surface area (Å²) in [6, 6.07) is 2.13. The van der Waals surface area contributed by atoms with Gasteiger partial charge in [-0.2, -0.15) is 0 Å². The molecule has 0 N–H and O–H groups in total. The highest BCUT2D eigenvalue weighted by Crippen LogP contribution is 2.12. The first-order valence-corrected chi connectivity index (χ1v) is 8.00. The van der Waals surface area contributed by atoms with Crippen molar-refractivity contribution in [1.29, 1.82) is 0 Å². The minimum Gasteiger partial charge on any atom is -0.338 e. The Morgan fingerprint density at radius 1 is 0.550 bits per heavy atom. The Kier molecular flexibility index (Phi) is 8.85.